The van der Waals surface area contributed by atoms with Crippen molar-refractivity contribution in [2.45, 2.75) is 11.3 Å². The third kappa shape index (κ3) is 8.60. The Kier molecular flexibility index (Phi) is 12.2. The molecule has 4 aromatic carbocycles. The number of rotatable bonds is 6. The van der Waals surface area contributed by atoms with Crippen LogP contribution in [0.3, 0.4) is 0 Å². The average molecular weight is 670 g/mol. The molecule has 0 aromatic heterocycles. The van der Waals surface area contributed by atoms with Gasteiger partial charge in [-0.15, -0.1) is 0 Å². The molecule has 0 heterocycles. The molecule has 0 fully saturated rings. The van der Waals surface area contributed by atoms with Crippen LogP contribution in [0.4, 0.5) is 0 Å². The second-order valence-corrected chi connectivity index (χ2v) is 14.9. The Balaban J connectivity index is 0.000000165. The summed E-state index contributed by atoms with van der Waals surface area (Å²) < 4.78 is 0. The quantitative estimate of drug-likeness (QED) is 0.127. The number of halogens is 2. The first-order chi connectivity index (χ1) is 19.3. The monoisotopic (exact) mass is 668 g/mol. The molecule has 6 rings (SSSR count). The van der Waals surface area contributed by atoms with Gasteiger partial charge in [0.15, 0.2) is 0 Å². The van der Waals surface area contributed by atoms with Crippen molar-refractivity contribution in [3.8, 4) is 47.4 Å². The Morgan fingerprint density at radius 2 is 0.615 bits per heavy atom. The molecule has 0 saturated heterocycles. The molecule has 2 aliphatic carbocycles. The fraction of sp³-hybridized carbons (Fsp3) is 0.0588. The molecule has 0 spiro atoms. The Labute approximate surface area is 250 Å². The summed E-state index contributed by atoms with van der Waals surface area (Å²) in [6.45, 7) is 0. The van der Waals surface area contributed by atoms with Crippen molar-refractivity contribution < 1.29 is 15.9 Å². The molecular weight excluding hydrogens is 648 g/mol. The SMILES string of the molecule is C1#CC(P(c2ccccc2)c2ccccc2)C#C1.C1#CC(P(c2ccccc2)c2ccccc2)C#C1.[Cl][Pd][Cl]. The summed E-state index contributed by atoms with van der Waals surface area (Å²) >= 11 is -0.106. The second kappa shape index (κ2) is 16.4. The van der Waals surface area contributed by atoms with E-state index in [1.54, 1.807) is 0 Å². The topological polar surface area (TPSA) is 0 Å². The van der Waals surface area contributed by atoms with Gasteiger partial charge in [0.1, 0.15) is 11.3 Å². The molecule has 0 atom stereocenters. The van der Waals surface area contributed by atoms with E-state index in [2.05, 4.69) is 144 Å². The minimum atomic E-state index is -0.499. The fourth-order valence-corrected chi connectivity index (χ4v) is 8.53. The van der Waals surface area contributed by atoms with Crippen molar-refractivity contribution in [2.24, 2.45) is 0 Å². The van der Waals surface area contributed by atoms with Crippen LogP contribution in [-0.4, -0.2) is 11.3 Å². The predicted molar refractivity (Wildman–Crippen MR) is 169 cm³/mol. The maximum atomic E-state index is 4.81. The van der Waals surface area contributed by atoms with Crippen LogP contribution in [0.2, 0.25) is 0 Å². The van der Waals surface area contributed by atoms with Crippen LogP contribution < -0.4 is 21.2 Å². The van der Waals surface area contributed by atoms with E-state index in [1.165, 1.54) is 21.2 Å². The van der Waals surface area contributed by atoms with Crippen molar-refractivity contribution in [3.05, 3.63) is 121 Å². The molecule has 0 radical (unpaired) electrons. The first kappa shape index (κ1) is 29.2. The van der Waals surface area contributed by atoms with Gasteiger partial charge in [0.25, 0.3) is 0 Å². The van der Waals surface area contributed by atoms with E-state index in [9.17, 15) is 0 Å². The zero-order chi connectivity index (χ0) is 27.1. The molecule has 0 bridgehead atoms. The Morgan fingerprint density at radius 1 is 0.410 bits per heavy atom. The molecule has 192 valence electrons. The zero-order valence-corrected chi connectivity index (χ0v) is 25.5. The summed E-state index contributed by atoms with van der Waals surface area (Å²) in [6, 6.07) is 42.3. The van der Waals surface area contributed by atoms with Crippen molar-refractivity contribution in [3.63, 3.8) is 0 Å². The van der Waals surface area contributed by atoms with E-state index in [0.717, 1.165) is 0 Å². The van der Waals surface area contributed by atoms with Gasteiger partial charge < -0.3 is 0 Å². The van der Waals surface area contributed by atoms with E-state index < -0.39 is 15.8 Å². The molecule has 0 amide bonds. The number of benzene rings is 4. The normalized spacial score (nSPS) is 12.3. The maximum absolute atomic E-state index is 4.81. The van der Waals surface area contributed by atoms with Gasteiger partial charge in [-0.25, -0.2) is 0 Å². The molecule has 2 aliphatic rings. The van der Waals surface area contributed by atoms with Gasteiger partial charge in [0, 0.05) is 0 Å². The van der Waals surface area contributed by atoms with Gasteiger partial charge in [0.05, 0.1) is 0 Å². The summed E-state index contributed by atoms with van der Waals surface area (Å²) in [6.07, 6.45) is 0. The second-order valence-electron chi connectivity index (χ2n) is 8.01. The van der Waals surface area contributed by atoms with E-state index >= 15 is 0 Å². The fourth-order valence-electron chi connectivity index (χ4n) is 4.00. The first-order valence-corrected chi connectivity index (χ1v) is 18.8. The van der Waals surface area contributed by atoms with Gasteiger partial charge in [-0.2, -0.15) is 0 Å². The molecule has 0 nitrogen and oxygen atoms in total. The van der Waals surface area contributed by atoms with Crippen LogP contribution in [0.25, 0.3) is 0 Å². The molecule has 0 N–H and O–H groups in total. The van der Waals surface area contributed by atoms with Gasteiger partial charge >= 0.3 is 35.0 Å². The van der Waals surface area contributed by atoms with Gasteiger partial charge in [-0.1, -0.05) is 145 Å². The van der Waals surface area contributed by atoms with Gasteiger partial charge in [-0.05, 0) is 60.7 Å². The van der Waals surface area contributed by atoms with Crippen LogP contribution in [0.15, 0.2) is 121 Å². The van der Waals surface area contributed by atoms with Crippen LogP contribution in [0.5, 0.6) is 0 Å². The number of hydrogen-bond acceptors (Lipinski definition) is 0. The van der Waals surface area contributed by atoms with E-state index in [4.69, 9.17) is 19.1 Å². The van der Waals surface area contributed by atoms with Crippen LogP contribution in [0, 0.1) is 47.4 Å². The summed E-state index contributed by atoms with van der Waals surface area (Å²) in [5.41, 5.74) is 0.342. The summed E-state index contributed by atoms with van der Waals surface area (Å²) in [5, 5.41) is 5.37. The van der Waals surface area contributed by atoms with Crippen molar-refractivity contribution in [1.29, 1.82) is 0 Å². The summed E-state index contributed by atoms with van der Waals surface area (Å²) in [4.78, 5) is 0. The molecule has 5 heteroatoms. The summed E-state index contributed by atoms with van der Waals surface area (Å²) in [5.74, 6) is 24.4. The van der Waals surface area contributed by atoms with Gasteiger partial charge in [0.2, 0.25) is 0 Å². The Morgan fingerprint density at radius 3 is 0.821 bits per heavy atom. The third-order valence-electron chi connectivity index (χ3n) is 5.61. The average Bonchev–Trinajstić information content (AvgIpc) is 3.72. The molecular formula is C34H22Cl2P2Pd. The molecule has 0 aliphatic heterocycles. The molecule has 0 unspecified atom stereocenters. The minimum absolute atomic E-state index is 0.106. The zero-order valence-electron chi connectivity index (χ0n) is 20.7. The Hall–Kier alpha value is -2.78. The van der Waals surface area contributed by atoms with Crippen molar-refractivity contribution >= 4 is 56.1 Å². The predicted octanol–water partition coefficient (Wildman–Crippen LogP) is 6.39. The van der Waals surface area contributed by atoms with Crippen LogP contribution >= 0.6 is 34.9 Å². The third-order valence-corrected chi connectivity index (χ3v) is 10.6. The van der Waals surface area contributed by atoms with Crippen molar-refractivity contribution in [1.82, 2.24) is 0 Å². The standard InChI is InChI=1S/2C17H11P.2ClH.Pd/c2*1-3-9-15(10-4-1)18(17-13-7-8-14-17)16-11-5-2-6-12-16;;;/h2*1-6,9-12,17H;2*1H;/q;;;;+2/p-2. The molecule has 4 aromatic rings. The Bertz CT molecular complexity index is 1340. The molecule has 0 saturated carbocycles. The van der Waals surface area contributed by atoms with Crippen LogP contribution in [-0.2, 0) is 15.9 Å². The number of hydrogen-bond donors (Lipinski definition) is 0. The van der Waals surface area contributed by atoms with Gasteiger partial charge in [-0.3, -0.25) is 0 Å². The van der Waals surface area contributed by atoms with Crippen LogP contribution in [0.1, 0.15) is 0 Å². The van der Waals surface area contributed by atoms with Crippen molar-refractivity contribution in [2.75, 3.05) is 0 Å². The van der Waals surface area contributed by atoms with E-state index in [1.807, 2.05) is 24.3 Å². The first-order valence-electron chi connectivity index (χ1n) is 11.9. The van der Waals surface area contributed by atoms with E-state index in [0.29, 0.717) is 0 Å². The van der Waals surface area contributed by atoms with E-state index in [-0.39, 0.29) is 27.3 Å². The molecule has 39 heavy (non-hydrogen) atoms. The summed E-state index contributed by atoms with van der Waals surface area (Å²) in [7, 11) is 8.63.